The first kappa shape index (κ1) is 29.5. The highest BCUT2D eigenvalue weighted by Gasteiger charge is 2.21. The molecular weight excluding hydrogens is 539 g/mol. The molecule has 0 fully saturated rings. The number of hydrogen-bond acceptors (Lipinski definition) is 3. The minimum atomic E-state index is -0.372. The number of anilines is 1. The summed E-state index contributed by atoms with van der Waals surface area (Å²) in [6.07, 6.45) is 4.43. The largest absolute Gasteiger partial charge is 0.325 e. The van der Waals surface area contributed by atoms with Crippen molar-refractivity contribution in [1.82, 2.24) is 14.7 Å². The number of aromatic nitrogens is 2. The molecule has 0 atom stereocenters. The molecule has 1 N–H and O–H groups in total. The lowest BCUT2D eigenvalue weighted by Crippen LogP contribution is -2.37. The third kappa shape index (κ3) is 7.83. The Morgan fingerprint density at radius 3 is 2.16 bits per heavy atom. The highest BCUT2D eigenvalue weighted by molar-refractivity contribution is 5.99. The van der Waals surface area contributed by atoms with Crippen LogP contribution in [-0.4, -0.2) is 33.0 Å². The molecule has 0 spiro atoms. The van der Waals surface area contributed by atoms with Gasteiger partial charge in [0.05, 0.1) is 11.4 Å². The summed E-state index contributed by atoms with van der Waals surface area (Å²) < 4.78 is 15.2. The first-order chi connectivity index (χ1) is 21.0. The molecule has 0 radical (unpaired) electrons. The van der Waals surface area contributed by atoms with Crippen molar-refractivity contribution in [2.75, 3.05) is 11.9 Å². The standard InChI is InChI=1S/C36H35FN4O2/c1-2-3-6-11-27-16-18-30(19-17-27)36(43)40(25-28-12-7-4-8-13-28)26-35(42)38-34-24-33(29-14-9-5-10-15-29)39-41(34)32-22-20-31(37)21-23-32/h4-5,7-10,12-24H,2-3,6,11,25-26H2,1H3,(H,38,42). The van der Waals surface area contributed by atoms with Crippen LogP contribution in [0, 0.1) is 5.82 Å². The number of rotatable bonds is 12. The SMILES string of the molecule is CCCCCc1ccc(C(=O)N(CC(=O)Nc2cc(-c3ccccc3)nn2-c2ccc(F)cc2)Cc2ccccc2)cc1. The van der Waals surface area contributed by atoms with Gasteiger partial charge in [-0.25, -0.2) is 9.07 Å². The molecule has 1 aromatic heterocycles. The molecule has 6 nitrogen and oxygen atoms in total. The zero-order valence-electron chi connectivity index (χ0n) is 24.2. The van der Waals surface area contributed by atoms with Crippen LogP contribution in [0.1, 0.15) is 47.7 Å². The van der Waals surface area contributed by atoms with Crippen molar-refractivity contribution in [2.24, 2.45) is 0 Å². The molecule has 5 rings (SSSR count). The maximum atomic E-state index is 13.7. The van der Waals surface area contributed by atoms with Crippen molar-refractivity contribution < 1.29 is 14.0 Å². The lowest BCUT2D eigenvalue weighted by molar-refractivity contribution is -0.117. The molecule has 0 saturated heterocycles. The lowest BCUT2D eigenvalue weighted by Gasteiger charge is -2.23. The van der Waals surface area contributed by atoms with Crippen LogP contribution in [0.2, 0.25) is 0 Å². The van der Waals surface area contributed by atoms with Crippen LogP contribution in [-0.2, 0) is 17.8 Å². The molecule has 218 valence electrons. The Balaban J connectivity index is 1.38. The van der Waals surface area contributed by atoms with Crippen LogP contribution >= 0.6 is 0 Å². The van der Waals surface area contributed by atoms with E-state index in [-0.39, 0.29) is 30.7 Å². The Morgan fingerprint density at radius 2 is 1.49 bits per heavy atom. The second kappa shape index (κ2) is 14.2. The summed E-state index contributed by atoms with van der Waals surface area (Å²) in [5.41, 5.74) is 4.76. The Kier molecular flexibility index (Phi) is 9.74. The summed E-state index contributed by atoms with van der Waals surface area (Å²) in [4.78, 5) is 28.8. The zero-order valence-corrected chi connectivity index (χ0v) is 24.2. The van der Waals surface area contributed by atoms with Crippen molar-refractivity contribution in [3.63, 3.8) is 0 Å². The van der Waals surface area contributed by atoms with Crippen molar-refractivity contribution >= 4 is 17.6 Å². The first-order valence-corrected chi connectivity index (χ1v) is 14.6. The number of nitrogens with one attached hydrogen (secondary N) is 1. The number of amides is 2. The van der Waals surface area contributed by atoms with E-state index in [9.17, 15) is 14.0 Å². The van der Waals surface area contributed by atoms with Gasteiger partial charge < -0.3 is 10.2 Å². The summed E-state index contributed by atoms with van der Waals surface area (Å²) in [6.45, 7) is 2.29. The van der Waals surface area contributed by atoms with Gasteiger partial charge in [0, 0.05) is 23.7 Å². The maximum absolute atomic E-state index is 13.7. The zero-order chi connectivity index (χ0) is 30.0. The molecule has 1 heterocycles. The second-order valence-corrected chi connectivity index (χ2v) is 10.5. The number of hydrogen-bond donors (Lipinski definition) is 1. The van der Waals surface area contributed by atoms with E-state index in [1.807, 2.05) is 84.9 Å². The highest BCUT2D eigenvalue weighted by Crippen LogP contribution is 2.25. The van der Waals surface area contributed by atoms with Gasteiger partial charge in [-0.1, -0.05) is 92.6 Å². The monoisotopic (exact) mass is 574 g/mol. The van der Waals surface area contributed by atoms with E-state index in [0.29, 0.717) is 22.8 Å². The topological polar surface area (TPSA) is 67.2 Å². The highest BCUT2D eigenvalue weighted by atomic mass is 19.1. The summed E-state index contributed by atoms with van der Waals surface area (Å²) in [5, 5.41) is 7.64. The molecular formula is C36H35FN4O2. The van der Waals surface area contributed by atoms with E-state index < -0.39 is 0 Å². The van der Waals surface area contributed by atoms with E-state index in [1.165, 1.54) is 24.1 Å². The number of benzene rings is 4. The van der Waals surface area contributed by atoms with Gasteiger partial charge >= 0.3 is 0 Å². The smallest absolute Gasteiger partial charge is 0.254 e. The molecule has 0 aliphatic heterocycles. The van der Waals surface area contributed by atoms with E-state index in [2.05, 4.69) is 12.2 Å². The van der Waals surface area contributed by atoms with Crippen LogP contribution in [0.5, 0.6) is 0 Å². The summed E-state index contributed by atoms with van der Waals surface area (Å²) in [5.74, 6) is -0.549. The minimum Gasteiger partial charge on any atom is -0.325 e. The predicted octanol–water partition coefficient (Wildman–Crippen LogP) is 7.69. The van der Waals surface area contributed by atoms with Gasteiger partial charge in [-0.15, -0.1) is 0 Å². The van der Waals surface area contributed by atoms with Crippen LogP contribution in [0.3, 0.4) is 0 Å². The van der Waals surface area contributed by atoms with Gasteiger partial charge in [-0.2, -0.15) is 5.10 Å². The molecule has 0 saturated carbocycles. The summed E-state index contributed by atoms with van der Waals surface area (Å²) >= 11 is 0. The summed E-state index contributed by atoms with van der Waals surface area (Å²) in [6, 6.07) is 34.6. The van der Waals surface area contributed by atoms with Gasteiger partial charge in [0.1, 0.15) is 18.2 Å². The van der Waals surface area contributed by atoms with E-state index >= 15 is 0 Å². The van der Waals surface area contributed by atoms with E-state index in [4.69, 9.17) is 5.10 Å². The predicted molar refractivity (Wildman–Crippen MR) is 168 cm³/mol. The average molecular weight is 575 g/mol. The molecule has 0 bridgehead atoms. The van der Waals surface area contributed by atoms with Gasteiger partial charge in [0.25, 0.3) is 5.91 Å². The third-order valence-corrected chi connectivity index (χ3v) is 7.23. The van der Waals surface area contributed by atoms with Crippen LogP contribution < -0.4 is 5.32 Å². The number of nitrogens with zero attached hydrogens (tertiary/aromatic N) is 3. The molecule has 2 amide bonds. The van der Waals surface area contributed by atoms with E-state index in [0.717, 1.165) is 30.4 Å². The fourth-order valence-electron chi connectivity index (χ4n) is 4.93. The number of carbonyl (C=O) groups is 2. The normalized spacial score (nSPS) is 10.8. The van der Waals surface area contributed by atoms with Crippen molar-refractivity contribution in [3.05, 3.63) is 138 Å². The Hall–Kier alpha value is -5.04. The second-order valence-electron chi connectivity index (χ2n) is 10.5. The van der Waals surface area contributed by atoms with Crippen molar-refractivity contribution in [2.45, 2.75) is 39.2 Å². The lowest BCUT2D eigenvalue weighted by atomic mass is 10.0. The van der Waals surface area contributed by atoms with E-state index in [1.54, 1.807) is 27.8 Å². The molecule has 5 aromatic rings. The first-order valence-electron chi connectivity index (χ1n) is 14.6. The fraction of sp³-hybridized carbons (Fsp3) is 0.194. The Labute approximate surface area is 251 Å². The maximum Gasteiger partial charge on any atom is 0.254 e. The third-order valence-electron chi connectivity index (χ3n) is 7.23. The van der Waals surface area contributed by atoms with Crippen LogP contribution in [0.25, 0.3) is 16.9 Å². The van der Waals surface area contributed by atoms with Crippen LogP contribution in [0.15, 0.2) is 115 Å². The number of halogens is 1. The molecule has 0 aliphatic carbocycles. The van der Waals surface area contributed by atoms with Gasteiger partial charge in [0.2, 0.25) is 5.91 Å². The number of aryl methyl sites for hydroxylation is 1. The quantitative estimate of drug-likeness (QED) is 0.155. The van der Waals surface area contributed by atoms with Gasteiger partial charge in [-0.05, 0) is 60.4 Å². The van der Waals surface area contributed by atoms with Gasteiger partial charge in [0.15, 0.2) is 0 Å². The molecule has 7 heteroatoms. The average Bonchev–Trinajstić information content (AvgIpc) is 3.45. The fourth-order valence-corrected chi connectivity index (χ4v) is 4.93. The minimum absolute atomic E-state index is 0.165. The molecule has 43 heavy (non-hydrogen) atoms. The number of carbonyl (C=O) groups excluding carboxylic acids is 2. The molecule has 0 aliphatic rings. The van der Waals surface area contributed by atoms with Crippen molar-refractivity contribution in [3.8, 4) is 16.9 Å². The Morgan fingerprint density at radius 1 is 0.814 bits per heavy atom. The van der Waals surface area contributed by atoms with Crippen LogP contribution in [0.4, 0.5) is 10.2 Å². The number of unbranched alkanes of at least 4 members (excludes halogenated alkanes) is 2. The Bertz CT molecular complexity index is 1630. The van der Waals surface area contributed by atoms with Crippen molar-refractivity contribution in [1.29, 1.82) is 0 Å². The molecule has 0 unspecified atom stereocenters. The molecule has 4 aromatic carbocycles. The van der Waals surface area contributed by atoms with Gasteiger partial charge in [-0.3, -0.25) is 9.59 Å². The summed E-state index contributed by atoms with van der Waals surface area (Å²) in [7, 11) is 0.